The van der Waals surface area contributed by atoms with Crippen LogP contribution in [0, 0.1) is 17.8 Å². The number of carbonyl (C=O) groups is 2. The number of nitrogens with one attached hydrogen (secondary N) is 1. The van der Waals surface area contributed by atoms with Crippen LogP contribution in [0.1, 0.15) is 60.8 Å². The largest absolute Gasteiger partial charge is 0.340 e. The summed E-state index contributed by atoms with van der Waals surface area (Å²) in [7, 11) is 0. The van der Waals surface area contributed by atoms with Crippen LogP contribution in [0.25, 0.3) is 0 Å². The van der Waals surface area contributed by atoms with Crippen molar-refractivity contribution in [3.63, 3.8) is 0 Å². The minimum atomic E-state index is -0.742. The monoisotopic (exact) mass is 294 g/mol. The fourth-order valence-electron chi connectivity index (χ4n) is 3.89. The summed E-state index contributed by atoms with van der Waals surface area (Å²) in [4.78, 5) is 27.6. The molecule has 0 bridgehead atoms. The van der Waals surface area contributed by atoms with Crippen molar-refractivity contribution in [2.45, 2.75) is 78.4 Å². The van der Waals surface area contributed by atoms with E-state index in [0.29, 0.717) is 18.3 Å². The normalized spacial score (nSPS) is 40.8. The van der Waals surface area contributed by atoms with Gasteiger partial charge >= 0.3 is 0 Å². The summed E-state index contributed by atoms with van der Waals surface area (Å²) in [6.45, 7) is 12.4. The van der Waals surface area contributed by atoms with Crippen molar-refractivity contribution in [1.82, 2.24) is 10.2 Å². The van der Waals surface area contributed by atoms with Gasteiger partial charge in [-0.3, -0.25) is 9.59 Å². The standard InChI is InChI=1S/C17H30N2O2/c1-7-17(6)16(21)19(13-9-8-11(4)12(13)5)14(10(2)3)15(20)18-17/h10-14H,7-9H2,1-6H3,(H,18,20). The van der Waals surface area contributed by atoms with Gasteiger partial charge in [0.05, 0.1) is 0 Å². The zero-order chi connectivity index (χ0) is 15.9. The molecule has 1 aliphatic heterocycles. The van der Waals surface area contributed by atoms with Gasteiger partial charge < -0.3 is 10.2 Å². The zero-order valence-electron chi connectivity index (χ0n) is 14.3. The maximum atomic E-state index is 13.1. The topological polar surface area (TPSA) is 49.4 Å². The lowest BCUT2D eigenvalue weighted by Crippen LogP contribution is -2.72. The van der Waals surface area contributed by atoms with E-state index in [1.165, 1.54) is 0 Å². The first-order chi connectivity index (χ1) is 9.73. The fraction of sp³-hybridized carbons (Fsp3) is 0.882. The number of hydrogen-bond acceptors (Lipinski definition) is 2. The third-order valence-electron chi connectivity index (χ3n) is 5.79. The summed E-state index contributed by atoms with van der Waals surface area (Å²) in [5.41, 5.74) is -0.742. The minimum Gasteiger partial charge on any atom is -0.340 e. The van der Waals surface area contributed by atoms with E-state index in [1.54, 1.807) is 0 Å². The summed E-state index contributed by atoms with van der Waals surface area (Å²) in [5.74, 6) is 1.34. The predicted octanol–water partition coefficient (Wildman–Crippen LogP) is 2.57. The van der Waals surface area contributed by atoms with Crippen LogP contribution >= 0.6 is 0 Å². The second-order valence-electron chi connectivity index (χ2n) is 7.56. The quantitative estimate of drug-likeness (QED) is 0.869. The molecule has 1 aliphatic carbocycles. The van der Waals surface area contributed by atoms with Crippen molar-refractivity contribution in [2.75, 3.05) is 0 Å². The Morgan fingerprint density at radius 2 is 1.90 bits per heavy atom. The molecule has 2 fully saturated rings. The van der Waals surface area contributed by atoms with E-state index >= 15 is 0 Å². The second kappa shape index (κ2) is 5.62. The summed E-state index contributed by atoms with van der Waals surface area (Å²) < 4.78 is 0. The predicted molar refractivity (Wildman–Crippen MR) is 83.7 cm³/mol. The molecule has 0 aromatic carbocycles. The highest BCUT2D eigenvalue weighted by Crippen LogP contribution is 2.39. The molecule has 21 heavy (non-hydrogen) atoms. The van der Waals surface area contributed by atoms with Gasteiger partial charge in [0, 0.05) is 6.04 Å². The molecule has 1 saturated carbocycles. The number of hydrogen-bond donors (Lipinski definition) is 1. The van der Waals surface area contributed by atoms with Gasteiger partial charge in [0.25, 0.3) is 0 Å². The molecule has 0 spiro atoms. The Balaban J connectivity index is 2.40. The first-order valence-corrected chi connectivity index (χ1v) is 8.37. The first-order valence-electron chi connectivity index (χ1n) is 8.37. The van der Waals surface area contributed by atoms with E-state index in [2.05, 4.69) is 19.2 Å². The van der Waals surface area contributed by atoms with Crippen LogP contribution in [0.4, 0.5) is 0 Å². The Bertz CT molecular complexity index is 435. The molecule has 1 N–H and O–H groups in total. The number of carbonyl (C=O) groups excluding carboxylic acids is 2. The lowest BCUT2D eigenvalue weighted by molar-refractivity contribution is -0.160. The number of rotatable bonds is 3. The second-order valence-corrected chi connectivity index (χ2v) is 7.56. The maximum Gasteiger partial charge on any atom is 0.248 e. The van der Waals surface area contributed by atoms with E-state index in [1.807, 2.05) is 32.6 Å². The van der Waals surface area contributed by atoms with Gasteiger partial charge in [-0.15, -0.1) is 0 Å². The van der Waals surface area contributed by atoms with Crippen LogP contribution in [0.5, 0.6) is 0 Å². The van der Waals surface area contributed by atoms with Crippen molar-refractivity contribution in [3.8, 4) is 0 Å². The van der Waals surface area contributed by atoms with Gasteiger partial charge in [-0.2, -0.15) is 0 Å². The lowest BCUT2D eigenvalue weighted by atomic mass is 9.85. The SMILES string of the molecule is CCC1(C)NC(=O)C(C(C)C)N(C2CCC(C)C2C)C1=O. The summed E-state index contributed by atoms with van der Waals surface area (Å²) >= 11 is 0. The Labute approximate surface area is 128 Å². The van der Waals surface area contributed by atoms with Crippen LogP contribution in [-0.2, 0) is 9.59 Å². The third kappa shape index (κ3) is 2.58. The first kappa shape index (κ1) is 16.3. The van der Waals surface area contributed by atoms with Crippen LogP contribution in [0.3, 0.4) is 0 Å². The molecule has 1 heterocycles. The number of nitrogens with zero attached hydrogens (tertiary/aromatic N) is 1. The summed E-state index contributed by atoms with van der Waals surface area (Å²) in [6.07, 6.45) is 2.80. The summed E-state index contributed by atoms with van der Waals surface area (Å²) in [6, 6.07) is -0.119. The van der Waals surface area contributed by atoms with Crippen LogP contribution in [-0.4, -0.2) is 34.3 Å². The maximum absolute atomic E-state index is 13.1. The highest BCUT2D eigenvalue weighted by molar-refractivity contribution is 5.99. The molecule has 5 atom stereocenters. The molecule has 0 aromatic rings. The highest BCUT2D eigenvalue weighted by Gasteiger charge is 2.52. The highest BCUT2D eigenvalue weighted by atomic mass is 16.2. The van der Waals surface area contributed by atoms with Crippen LogP contribution in [0.15, 0.2) is 0 Å². The van der Waals surface area contributed by atoms with E-state index in [-0.39, 0.29) is 29.8 Å². The van der Waals surface area contributed by atoms with E-state index in [9.17, 15) is 9.59 Å². The Morgan fingerprint density at radius 1 is 1.29 bits per heavy atom. The Kier molecular flexibility index (Phi) is 4.36. The third-order valence-corrected chi connectivity index (χ3v) is 5.79. The molecule has 0 radical (unpaired) electrons. The molecule has 0 aromatic heterocycles. The van der Waals surface area contributed by atoms with E-state index < -0.39 is 5.54 Å². The molecule has 2 aliphatic rings. The van der Waals surface area contributed by atoms with Gasteiger partial charge in [-0.1, -0.05) is 34.6 Å². The Hall–Kier alpha value is -1.06. The van der Waals surface area contributed by atoms with E-state index in [4.69, 9.17) is 0 Å². The number of piperazine rings is 1. The fourth-order valence-corrected chi connectivity index (χ4v) is 3.89. The van der Waals surface area contributed by atoms with Crippen molar-refractivity contribution in [2.24, 2.45) is 17.8 Å². The van der Waals surface area contributed by atoms with Gasteiger partial charge in [0.15, 0.2) is 0 Å². The lowest BCUT2D eigenvalue weighted by Gasteiger charge is -2.49. The average Bonchev–Trinajstić information content (AvgIpc) is 2.73. The van der Waals surface area contributed by atoms with Crippen molar-refractivity contribution >= 4 is 11.8 Å². The molecular weight excluding hydrogens is 264 g/mol. The molecule has 4 nitrogen and oxygen atoms in total. The molecule has 2 rings (SSSR count). The molecule has 5 unspecified atom stereocenters. The zero-order valence-corrected chi connectivity index (χ0v) is 14.3. The van der Waals surface area contributed by atoms with Crippen molar-refractivity contribution in [1.29, 1.82) is 0 Å². The van der Waals surface area contributed by atoms with Gasteiger partial charge in [0.2, 0.25) is 11.8 Å². The van der Waals surface area contributed by atoms with Crippen LogP contribution in [0.2, 0.25) is 0 Å². The molecule has 120 valence electrons. The van der Waals surface area contributed by atoms with Gasteiger partial charge in [0.1, 0.15) is 11.6 Å². The molecule has 4 heteroatoms. The van der Waals surface area contributed by atoms with Crippen LogP contribution < -0.4 is 5.32 Å². The summed E-state index contributed by atoms with van der Waals surface area (Å²) in [5, 5.41) is 2.97. The van der Waals surface area contributed by atoms with Gasteiger partial charge in [-0.05, 0) is 43.9 Å². The van der Waals surface area contributed by atoms with E-state index in [0.717, 1.165) is 12.8 Å². The molecular formula is C17H30N2O2. The smallest absolute Gasteiger partial charge is 0.248 e. The Morgan fingerprint density at radius 3 is 2.33 bits per heavy atom. The number of amides is 2. The van der Waals surface area contributed by atoms with Crippen molar-refractivity contribution < 1.29 is 9.59 Å². The average molecular weight is 294 g/mol. The van der Waals surface area contributed by atoms with Gasteiger partial charge in [-0.25, -0.2) is 0 Å². The van der Waals surface area contributed by atoms with Crippen molar-refractivity contribution in [3.05, 3.63) is 0 Å². The molecule has 2 amide bonds. The minimum absolute atomic E-state index is 0.0145. The molecule has 1 saturated heterocycles.